The number of rotatable bonds is 5. The van der Waals surface area contributed by atoms with Crippen molar-refractivity contribution in [3.8, 4) is 0 Å². The molecule has 1 aliphatic rings. The number of amides is 2. The summed E-state index contributed by atoms with van der Waals surface area (Å²) in [4.78, 5) is 24.8. The van der Waals surface area contributed by atoms with E-state index in [1.165, 1.54) is 5.56 Å². The van der Waals surface area contributed by atoms with Gasteiger partial charge in [0.2, 0.25) is 11.8 Å². The molecule has 0 fully saturated rings. The highest BCUT2D eigenvalue weighted by atomic mass is 16.2. The van der Waals surface area contributed by atoms with Crippen LogP contribution in [0.25, 0.3) is 0 Å². The van der Waals surface area contributed by atoms with E-state index in [1.54, 1.807) is 6.92 Å². The van der Waals surface area contributed by atoms with Crippen molar-refractivity contribution in [3.63, 3.8) is 0 Å². The number of carbonyl (C=O) groups is 2. The molecule has 136 valence electrons. The molecule has 2 unspecified atom stereocenters. The van der Waals surface area contributed by atoms with E-state index in [2.05, 4.69) is 16.0 Å². The molecule has 2 aromatic carbocycles. The van der Waals surface area contributed by atoms with E-state index in [4.69, 9.17) is 0 Å². The van der Waals surface area contributed by atoms with Crippen LogP contribution in [-0.4, -0.2) is 23.9 Å². The van der Waals surface area contributed by atoms with Crippen molar-refractivity contribution in [1.82, 2.24) is 10.6 Å². The van der Waals surface area contributed by atoms with Crippen LogP contribution in [0.15, 0.2) is 48.5 Å². The third kappa shape index (κ3) is 4.49. The number of anilines is 1. The van der Waals surface area contributed by atoms with E-state index >= 15 is 0 Å². The zero-order chi connectivity index (χ0) is 18.5. The summed E-state index contributed by atoms with van der Waals surface area (Å²) in [6.07, 6.45) is 1.46. The number of carbonyl (C=O) groups excluding carboxylic acids is 2. The van der Waals surface area contributed by atoms with Crippen molar-refractivity contribution in [1.29, 1.82) is 0 Å². The lowest BCUT2D eigenvalue weighted by Gasteiger charge is -2.20. The Morgan fingerprint density at radius 2 is 1.92 bits per heavy atom. The van der Waals surface area contributed by atoms with Crippen molar-refractivity contribution in [2.24, 2.45) is 0 Å². The van der Waals surface area contributed by atoms with Crippen LogP contribution in [0.3, 0.4) is 0 Å². The van der Waals surface area contributed by atoms with Crippen molar-refractivity contribution in [3.05, 3.63) is 65.2 Å². The fourth-order valence-electron chi connectivity index (χ4n) is 3.10. The summed E-state index contributed by atoms with van der Waals surface area (Å²) in [6, 6.07) is 15.0. The number of para-hydroxylation sites is 1. The van der Waals surface area contributed by atoms with Gasteiger partial charge >= 0.3 is 0 Å². The van der Waals surface area contributed by atoms with Gasteiger partial charge in [-0.25, -0.2) is 0 Å². The minimum atomic E-state index is -0.447. The van der Waals surface area contributed by atoms with E-state index in [-0.39, 0.29) is 17.9 Å². The second kappa shape index (κ2) is 8.15. The summed E-state index contributed by atoms with van der Waals surface area (Å²) in [5.74, 6) is -0.201. The SMILES string of the molecule is Cc1ccc(CNC(=O)C(C)NC2CCc3ccccc3NC2=O)cc1. The Labute approximate surface area is 154 Å². The minimum Gasteiger partial charge on any atom is -0.351 e. The monoisotopic (exact) mass is 351 g/mol. The Balaban J connectivity index is 1.53. The smallest absolute Gasteiger partial charge is 0.241 e. The zero-order valence-electron chi connectivity index (χ0n) is 15.2. The van der Waals surface area contributed by atoms with E-state index < -0.39 is 6.04 Å². The standard InChI is InChI=1S/C21H25N3O2/c1-14-7-9-16(10-8-14)13-22-20(25)15(2)23-19-12-11-17-5-3-4-6-18(17)24-21(19)26/h3-10,15,19,23H,11-13H2,1-2H3,(H,22,25)(H,24,26). The summed E-state index contributed by atoms with van der Waals surface area (Å²) in [5, 5.41) is 9.03. The maximum Gasteiger partial charge on any atom is 0.241 e. The average Bonchev–Trinajstić information content (AvgIpc) is 2.80. The summed E-state index contributed by atoms with van der Waals surface area (Å²) in [5.41, 5.74) is 4.23. The Kier molecular flexibility index (Phi) is 5.68. The molecule has 2 atom stereocenters. The van der Waals surface area contributed by atoms with Gasteiger partial charge in [-0.1, -0.05) is 48.0 Å². The van der Waals surface area contributed by atoms with E-state index in [0.29, 0.717) is 13.0 Å². The van der Waals surface area contributed by atoms with Gasteiger partial charge in [-0.05, 0) is 43.9 Å². The number of nitrogens with one attached hydrogen (secondary N) is 3. The van der Waals surface area contributed by atoms with E-state index in [0.717, 1.165) is 23.2 Å². The van der Waals surface area contributed by atoms with Crippen LogP contribution in [0.1, 0.15) is 30.0 Å². The number of aryl methyl sites for hydroxylation is 2. The lowest BCUT2D eigenvalue weighted by molar-refractivity contribution is -0.123. The molecule has 0 spiro atoms. The summed E-state index contributed by atoms with van der Waals surface area (Å²) in [6.45, 7) is 4.30. The second-order valence-corrected chi connectivity index (χ2v) is 6.83. The maximum absolute atomic E-state index is 12.4. The van der Waals surface area contributed by atoms with Crippen LogP contribution in [0.4, 0.5) is 5.69 Å². The number of hydrogen-bond donors (Lipinski definition) is 3. The Morgan fingerprint density at radius 1 is 1.19 bits per heavy atom. The molecule has 1 aliphatic heterocycles. The molecule has 0 aromatic heterocycles. The molecule has 0 radical (unpaired) electrons. The molecule has 2 aromatic rings. The van der Waals surface area contributed by atoms with Crippen LogP contribution < -0.4 is 16.0 Å². The predicted molar refractivity (Wildman–Crippen MR) is 103 cm³/mol. The molecule has 0 bridgehead atoms. The van der Waals surface area contributed by atoms with Crippen LogP contribution in [0.2, 0.25) is 0 Å². The van der Waals surface area contributed by atoms with E-state index in [9.17, 15) is 9.59 Å². The van der Waals surface area contributed by atoms with Crippen LogP contribution in [0.5, 0.6) is 0 Å². The van der Waals surface area contributed by atoms with Gasteiger partial charge in [-0.15, -0.1) is 0 Å². The molecule has 2 amide bonds. The molecular formula is C21H25N3O2. The van der Waals surface area contributed by atoms with Crippen LogP contribution in [-0.2, 0) is 22.6 Å². The van der Waals surface area contributed by atoms with Crippen molar-refractivity contribution in [2.75, 3.05) is 5.32 Å². The third-order valence-electron chi connectivity index (χ3n) is 4.73. The first kappa shape index (κ1) is 18.1. The first-order valence-electron chi connectivity index (χ1n) is 9.01. The fraction of sp³-hybridized carbons (Fsp3) is 0.333. The molecule has 3 N–H and O–H groups in total. The van der Waals surface area contributed by atoms with Crippen molar-refractivity contribution >= 4 is 17.5 Å². The third-order valence-corrected chi connectivity index (χ3v) is 4.73. The lowest BCUT2D eigenvalue weighted by Crippen LogP contribution is -2.50. The summed E-state index contributed by atoms with van der Waals surface area (Å²) < 4.78 is 0. The van der Waals surface area contributed by atoms with Gasteiger partial charge in [0, 0.05) is 12.2 Å². The van der Waals surface area contributed by atoms with Crippen molar-refractivity contribution in [2.45, 2.75) is 45.3 Å². The Hall–Kier alpha value is -2.66. The molecule has 1 heterocycles. The molecule has 0 saturated carbocycles. The van der Waals surface area contributed by atoms with Crippen molar-refractivity contribution < 1.29 is 9.59 Å². The normalized spacial score (nSPS) is 17.6. The molecule has 26 heavy (non-hydrogen) atoms. The molecule has 0 saturated heterocycles. The topological polar surface area (TPSA) is 70.2 Å². The zero-order valence-corrected chi connectivity index (χ0v) is 15.2. The predicted octanol–water partition coefficient (Wildman–Crippen LogP) is 2.54. The molecule has 5 nitrogen and oxygen atoms in total. The maximum atomic E-state index is 12.4. The number of benzene rings is 2. The van der Waals surface area contributed by atoms with Gasteiger partial charge < -0.3 is 10.6 Å². The van der Waals surface area contributed by atoms with Gasteiger partial charge in [-0.3, -0.25) is 14.9 Å². The highest BCUT2D eigenvalue weighted by molar-refractivity contribution is 5.96. The summed E-state index contributed by atoms with van der Waals surface area (Å²) in [7, 11) is 0. The number of hydrogen-bond acceptors (Lipinski definition) is 3. The fourth-order valence-corrected chi connectivity index (χ4v) is 3.10. The van der Waals surface area contributed by atoms with Gasteiger partial charge in [0.1, 0.15) is 0 Å². The highest BCUT2D eigenvalue weighted by Gasteiger charge is 2.26. The van der Waals surface area contributed by atoms with Gasteiger partial charge in [0.05, 0.1) is 12.1 Å². The second-order valence-electron chi connectivity index (χ2n) is 6.83. The van der Waals surface area contributed by atoms with Crippen LogP contribution in [0, 0.1) is 6.92 Å². The molecule has 0 aliphatic carbocycles. The lowest BCUT2D eigenvalue weighted by atomic mass is 10.1. The highest BCUT2D eigenvalue weighted by Crippen LogP contribution is 2.21. The Bertz CT molecular complexity index is 786. The average molecular weight is 351 g/mol. The van der Waals surface area contributed by atoms with Gasteiger partial charge in [0.25, 0.3) is 0 Å². The molecule has 5 heteroatoms. The summed E-state index contributed by atoms with van der Waals surface area (Å²) >= 11 is 0. The van der Waals surface area contributed by atoms with Crippen LogP contribution >= 0.6 is 0 Å². The first-order valence-corrected chi connectivity index (χ1v) is 9.01. The largest absolute Gasteiger partial charge is 0.351 e. The molecule has 3 rings (SSSR count). The van der Waals surface area contributed by atoms with E-state index in [1.807, 2.05) is 55.5 Å². The van der Waals surface area contributed by atoms with Gasteiger partial charge in [-0.2, -0.15) is 0 Å². The number of fused-ring (bicyclic) bond motifs is 1. The Morgan fingerprint density at radius 3 is 2.69 bits per heavy atom. The quantitative estimate of drug-likeness (QED) is 0.775. The molecular weight excluding hydrogens is 326 g/mol. The van der Waals surface area contributed by atoms with Gasteiger partial charge in [0.15, 0.2) is 0 Å². The first-order chi connectivity index (χ1) is 12.5. The minimum absolute atomic E-state index is 0.0897.